The van der Waals surface area contributed by atoms with Crippen LogP contribution in [-0.4, -0.2) is 26.2 Å². The molecule has 0 saturated carbocycles. The number of aliphatic hydroxyl groups excluding tert-OH is 1. The van der Waals surface area contributed by atoms with Crippen LogP contribution in [0.3, 0.4) is 0 Å². The van der Waals surface area contributed by atoms with Gasteiger partial charge in [-0.05, 0) is 0 Å². The molecule has 1 aromatic rings. The van der Waals surface area contributed by atoms with Gasteiger partial charge in [0, 0.05) is 18.0 Å². The normalized spacial score (nSPS) is 13.6. The minimum Gasteiger partial charge on any atom is -0.479 e. The lowest BCUT2D eigenvalue weighted by Gasteiger charge is -2.07. The molecular formula is C7H5F3N2O3. The van der Waals surface area contributed by atoms with Gasteiger partial charge in [0.2, 0.25) is 5.82 Å². The maximum atomic E-state index is 12.0. The van der Waals surface area contributed by atoms with Crippen LogP contribution < -0.4 is 0 Å². The van der Waals surface area contributed by atoms with Gasteiger partial charge in [-0.3, -0.25) is 0 Å². The van der Waals surface area contributed by atoms with Gasteiger partial charge >= 0.3 is 12.1 Å². The van der Waals surface area contributed by atoms with E-state index in [1.54, 1.807) is 0 Å². The number of aliphatic carboxylic acids is 1. The molecule has 2 N–H and O–H groups in total. The van der Waals surface area contributed by atoms with Crippen LogP contribution in [0, 0.1) is 0 Å². The number of aromatic nitrogens is 2. The summed E-state index contributed by atoms with van der Waals surface area (Å²) in [5.74, 6) is -2.97. The number of aliphatic hydroxyl groups is 1. The Morgan fingerprint density at radius 3 is 2.13 bits per heavy atom. The predicted molar refractivity (Wildman–Crippen MR) is 39.6 cm³/mol. The summed E-state index contributed by atoms with van der Waals surface area (Å²) in [6.45, 7) is 0. The fraction of sp³-hybridized carbons (Fsp3) is 0.286. The largest absolute Gasteiger partial charge is 0.479 e. The van der Waals surface area contributed by atoms with Gasteiger partial charge in [0.05, 0.1) is 0 Å². The van der Waals surface area contributed by atoms with E-state index in [9.17, 15) is 18.0 Å². The number of carboxylic acid groups (broad SMARTS) is 1. The van der Waals surface area contributed by atoms with Gasteiger partial charge in [0.15, 0.2) is 6.10 Å². The monoisotopic (exact) mass is 222 g/mol. The molecule has 0 amide bonds. The van der Waals surface area contributed by atoms with Crippen LogP contribution >= 0.6 is 0 Å². The molecule has 1 unspecified atom stereocenters. The maximum Gasteiger partial charge on any atom is 0.451 e. The molecule has 8 heteroatoms. The standard InChI is InChI=1S/C7H5F3N2O3/c8-7(9,10)6-11-1-3(2-12-6)4(13)5(14)15/h1-2,4,13H,(H,14,15). The van der Waals surface area contributed by atoms with Crippen molar-refractivity contribution in [1.29, 1.82) is 0 Å². The Hall–Kier alpha value is -1.70. The second-order valence-electron chi connectivity index (χ2n) is 2.58. The molecule has 1 rings (SSSR count). The van der Waals surface area contributed by atoms with Crippen molar-refractivity contribution in [1.82, 2.24) is 9.97 Å². The van der Waals surface area contributed by atoms with Crippen LogP contribution in [0.15, 0.2) is 12.4 Å². The van der Waals surface area contributed by atoms with Gasteiger partial charge in [0.1, 0.15) is 0 Å². The van der Waals surface area contributed by atoms with Gasteiger partial charge in [0.25, 0.3) is 0 Å². The average Bonchev–Trinajstić information content (AvgIpc) is 2.15. The second-order valence-corrected chi connectivity index (χ2v) is 2.58. The summed E-state index contributed by atoms with van der Waals surface area (Å²) >= 11 is 0. The molecule has 0 aromatic carbocycles. The summed E-state index contributed by atoms with van der Waals surface area (Å²) in [6, 6.07) is 0. The predicted octanol–water partition coefficient (Wildman–Crippen LogP) is 0.613. The van der Waals surface area contributed by atoms with E-state index in [4.69, 9.17) is 10.2 Å². The highest BCUT2D eigenvalue weighted by molar-refractivity contribution is 5.73. The number of hydrogen-bond donors (Lipinski definition) is 2. The van der Waals surface area contributed by atoms with Crippen molar-refractivity contribution in [3.05, 3.63) is 23.8 Å². The Labute approximate surface area is 81.2 Å². The highest BCUT2D eigenvalue weighted by Crippen LogP contribution is 2.25. The van der Waals surface area contributed by atoms with Crippen molar-refractivity contribution in [3.8, 4) is 0 Å². The van der Waals surface area contributed by atoms with Crippen LogP contribution in [0.5, 0.6) is 0 Å². The molecule has 0 bridgehead atoms. The van der Waals surface area contributed by atoms with Crippen LogP contribution in [0.1, 0.15) is 17.5 Å². The van der Waals surface area contributed by atoms with Crippen molar-refractivity contribution >= 4 is 5.97 Å². The zero-order valence-corrected chi connectivity index (χ0v) is 7.06. The molecule has 0 radical (unpaired) electrons. The lowest BCUT2D eigenvalue weighted by molar-refractivity contribution is -0.147. The molecule has 0 aliphatic carbocycles. The molecule has 1 aromatic heterocycles. The van der Waals surface area contributed by atoms with Crippen LogP contribution in [0.25, 0.3) is 0 Å². The van der Waals surface area contributed by atoms with E-state index in [0.717, 1.165) is 0 Å². The van der Waals surface area contributed by atoms with Crippen LogP contribution in [-0.2, 0) is 11.0 Å². The number of alkyl halides is 3. The smallest absolute Gasteiger partial charge is 0.451 e. The van der Waals surface area contributed by atoms with Gasteiger partial charge in [-0.25, -0.2) is 14.8 Å². The molecule has 0 aliphatic rings. The first-order valence-electron chi connectivity index (χ1n) is 3.62. The minimum atomic E-state index is -4.69. The van der Waals surface area contributed by atoms with E-state index in [1.807, 2.05) is 0 Å². The quantitative estimate of drug-likeness (QED) is 0.766. The summed E-state index contributed by atoms with van der Waals surface area (Å²) in [4.78, 5) is 16.0. The van der Waals surface area contributed by atoms with Gasteiger partial charge < -0.3 is 10.2 Å². The SMILES string of the molecule is O=C(O)C(O)c1cnc(C(F)(F)F)nc1. The van der Waals surface area contributed by atoms with Crippen LogP contribution in [0.2, 0.25) is 0 Å². The van der Waals surface area contributed by atoms with Crippen molar-refractivity contribution in [2.75, 3.05) is 0 Å². The Morgan fingerprint density at radius 1 is 1.33 bits per heavy atom. The summed E-state index contributed by atoms with van der Waals surface area (Å²) < 4.78 is 35.9. The molecule has 15 heavy (non-hydrogen) atoms. The number of nitrogens with zero attached hydrogens (tertiary/aromatic N) is 2. The third-order valence-electron chi connectivity index (χ3n) is 1.48. The first-order valence-corrected chi connectivity index (χ1v) is 3.62. The van der Waals surface area contributed by atoms with Gasteiger partial charge in [-0.15, -0.1) is 0 Å². The highest BCUT2D eigenvalue weighted by atomic mass is 19.4. The lowest BCUT2D eigenvalue weighted by Crippen LogP contribution is -2.14. The Kier molecular flexibility index (Phi) is 2.89. The number of halogens is 3. The van der Waals surface area contributed by atoms with E-state index < -0.39 is 24.1 Å². The van der Waals surface area contributed by atoms with E-state index in [-0.39, 0.29) is 5.56 Å². The van der Waals surface area contributed by atoms with E-state index >= 15 is 0 Å². The zero-order chi connectivity index (χ0) is 11.6. The van der Waals surface area contributed by atoms with Crippen molar-refractivity contribution in [2.24, 2.45) is 0 Å². The van der Waals surface area contributed by atoms with Crippen molar-refractivity contribution in [2.45, 2.75) is 12.3 Å². The first kappa shape index (κ1) is 11.4. The summed E-state index contributed by atoms with van der Waals surface area (Å²) in [6.07, 6.45) is -5.37. The lowest BCUT2D eigenvalue weighted by atomic mass is 10.2. The molecule has 5 nitrogen and oxygen atoms in total. The van der Waals surface area contributed by atoms with Crippen molar-refractivity contribution < 1.29 is 28.2 Å². The fourth-order valence-corrected chi connectivity index (χ4v) is 0.768. The van der Waals surface area contributed by atoms with E-state index in [0.29, 0.717) is 12.4 Å². The van der Waals surface area contributed by atoms with Gasteiger partial charge in [-0.1, -0.05) is 0 Å². The molecule has 1 heterocycles. The Bertz CT molecular complexity index is 363. The van der Waals surface area contributed by atoms with Crippen LogP contribution in [0.4, 0.5) is 13.2 Å². The molecular weight excluding hydrogens is 217 g/mol. The topological polar surface area (TPSA) is 83.3 Å². The molecule has 0 saturated heterocycles. The zero-order valence-electron chi connectivity index (χ0n) is 7.06. The minimum absolute atomic E-state index is 0.310. The maximum absolute atomic E-state index is 12.0. The Morgan fingerprint density at radius 2 is 1.80 bits per heavy atom. The molecule has 0 fully saturated rings. The number of carbonyl (C=O) groups is 1. The van der Waals surface area contributed by atoms with Crippen molar-refractivity contribution in [3.63, 3.8) is 0 Å². The number of rotatable bonds is 2. The highest BCUT2D eigenvalue weighted by Gasteiger charge is 2.34. The molecule has 0 spiro atoms. The first-order chi connectivity index (χ1) is 6.82. The van der Waals surface area contributed by atoms with E-state index in [2.05, 4.69) is 9.97 Å². The number of hydrogen-bond acceptors (Lipinski definition) is 4. The Balaban J connectivity index is 2.95. The molecule has 82 valence electrons. The fourth-order valence-electron chi connectivity index (χ4n) is 0.768. The van der Waals surface area contributed by atoms with Gasteiger partial charge in [-0.2, -0.15) is 13.2 Å². The summed E-state index contributed by atoms with van der Waals surface area (Å²) in [7, 11) is 0. The second kappa shape index (κ2) is 3.81. The summed E-state index contributed by atoms with van der Waals surface area (Å²) in [5, 5.41) is 17.3. The van der Waals surface area contributed by atoms with E-state index in [1.165, 1.54) is 0 Å². The number of carboxylic acids is 1. The third kappa shape index (κ3) is 2.62. The third-order valence-corrected chi connectivity index (χ3v) is 1.48. The molecule has 0 aliphatic heterocycles. The summed E-state index contributed by atoms with van der Waals surface area (Å²) in [5.41, 5.74) is -0.310. The average molecular weight is 222 g/mol. The molecule has 1 atom stereocenters.